The van der Waals surface area contributed by atoms with Gasteiger partial charge in [-0.1, -0.05) is 42.5 Å². The monoisotopic (exact) mass is 256 g/mol. The summed E-state index contributed by atoms with van der Waals surface area (Å²) >= 11 is 0. The van der Waals surface area contributed by atoms with Gasteiger partial charge in [-0.15, -0.1) is 0 Å². The van der Waals surface area contributed by atoms with Crippen LogP contribution in [-0.4, -0.2) is 22.2 Å². The zero-order valence-electron chi connectivity index (χ0n) is 10.0. The van der Waals surface area contributed by atoms with Crippen LogP contribution in [0.15, 0.2) is 42.5 Å². The Morgan fingerprint density at radius 1 is 1.00 bits per heavy atom. The largest absolute Gasteiger partial charge is 0.480 e. The minimum atomic E-state index is -1.65. The summed E-state index contributed by atoms with van der Waals surface area (Å²) in [6, 6.07) is 13.2. The number of hydrogen-bond donors (Lipinski definition) is 2. The Hall–Kier alpha value is -2.36. The van der Waals surface area contributed by atoms with Crippen LogP contribution < -0.4 is 0 Å². The van der Waals surface area contributed by atoms with Gasteiger partial charge in [0.15, 0.2) is 5.41 Å². The summed E-state index contributed by atoms with van der Waals surface area (Å²) in [6.07, 6.45) is 0.158. The lowest BCUT2D eigenvalue weighted by Gasteiger charge is -2.09. The van der Waals surface area contributed by atoms with E-state index in [4.69, 9.17) is 0 Å². The molecule has 0 unspecified atom stereocenters. The fraction of sp³-hybridized carbons (Fsp3) is 0.200. The minimum Gasteiger partial charge on any atom is -0.480 e. The van der Waals surface area contributed by atoms with Crippen LogP contribution in [0.2, 0.25) is 0 Å². The lowest BCUT2D eigenvalue weighted by molar-refractivity contribution is -0.157. The van der Waals surface area contributed by atoms with Crippen molar-refractivity contribution in [1.29, 1.82) is 0 Å². The molecule has 2 N–H and O–H groups in total. The fourth-order valence-electron chi connectivity index (χ4n) is 2.76. The molecule has 1 aliphatic rings. The van der Waals surface area contributed by atoms with Gasteiger partial charge in [0.2, 0.25) is 0 Å². The topological polar surface area (TPSA) is 74.6 Å². The first-order valence-electron chi connectivity index (χ1n) is 6.02. The molecule has 1 aliphatic carbocycles. The van der Waals surface area contributed by atoms with Gasteiger partial charge >= 0.3 is 11.9 Å². The van der Waals surface area contributed by atoms with Gasteiger partial charge in [0.05, 0.1) is 0 Å². The lowest BCUT2D eigenvalue weighted by atomic mass is 9.95. The molecule has 96 valence electrons. The van der Waals surface area contributed by atoms with E-state index in [9.17, 15) is 19.8 Å². The Bertz CT molecular complexity index is 670. The summed E-state index contributed by atoms with van der Waals surface area (Å²) in [5.74, 6) is -2.95. The van der Waals surface area contributed by atoms with Crippen molar-refractivity contribution in [2.75, 3.05) is 0 Å². The van der Waals surface area contributed by atoms with Gasteiger partial charge in [0, 0.05) is 5.92 Å². The number of carbonyl (C=O) groups is 2. The second-order valence-electron chi connectivity index (χ2n) is 4.91. The maximum atomic E-state index is 11.3. The van der Waals surface area contributed by atoms with Gasteiger partial charge in [-0.3, -0.25) is 9.59 Å². The smallest absolute Gasteiger partial charge is 0.321 e. The zero-order chi connectivity index (χ0) is 13.6. The number of carboxylic acids is 2. The van der Waals surface area contributed by atoms with Gasteiger partial charge in [0.25, 0.3) is 0 Å². The molecular formula is C15H12O4. The first-order chi connectivity index (χ1) is 9.07. The molecule has 0 spiro atoms. The average molecular weight is 256 g/mol. The van der Waals surface area contributed by atoms with Crippen LogP contribution in [0.3, 0.4) is 0 Å². The van der Waals surface area contributed by atoms with Crippen LogP contribution in [0.1, 0.15) is 17.9 Å². The van der Waals surface area contributed by atoms with Crippen LogP contribution in [0.5, 0.6) is 0 Å². The molecule has 0 aromatic heterocycles. The highest BCUT2D eigenvalue weighted by molar-refractivity contribution is 6.04. The molecule has 0 amide bonds. The number of fused-ring (bicyclic) bond motifs is 1. The van der Waals surface area contributed by atoms with E-state index in [2.05, 4.69) is 0 Å². The van der Waals surface area contributed by atoms with E-state index in [0.717, 1.165) is 16.3 Å². The molecule has 0 radical (unpaired) electrons. The molecule has 3 rings (SSSR count). The predicted octanol–water partition coefficient (Wildman–Crippen LogP) is 2.48. The number of carboxylic acid groups (broad SMARTS) is 2. The Kier molecular flexibility index (Phi) is 2.35. The van der Waals surface area contributed by atoms with E-state index >= 15 is 0 Å². The first kappa shape index (κ1) is 11.7. The van der Waals surface area contributed by atoms with Crippen molar-refractivity contribution in [3.63, 3.8) is 0 Å². The van der Waals surface area contributed by atoms with Crippen molar-refractivity contribution in [2.45, 2.75) is 12.3 Å². The third-order valence-corrected chi connectivity index (χ3v) is 3.92. The highest BCUT2D eigenvalue weighted by Crippen LogP contribution is 2.60. The quantitative estimate of drug-likeness (QED) is 0.827. The Morgan fingerprint density at radius 3 is 2.26 bits per heavy atom. The fourth-order valence-corrected chi connectivity index (χ4v) is 2.76. The summed E-state index contributed by atoms with van der Waals surface area (Å²) in [7, 11) is 0. The first-order valence-corrected chi connectivity index (χ1v) is 6.02. The second kappa shape index (κ2) is 3.82. The van der Waals surface area contributed by atoms with Crippen molar-refractivity contribution in [3.8, 4) is 0 Å². The van der Waals surface area contributed by atoms with Crippen molar-refractivity contribution in [2.24, 2.45) is 5.41 Å². The van der Waals surface area contributed by atoms with Gasteiger partial charge in [-0.05, 0) is 22.8 Å². The van der Waals surface area contributed by atoms with Crippen LogP contribution in [0.25, 0.3) is 10.8 Å². The number of aliphatic carboxylic acids is 2. The van der Waals surface area contributed by atoms with Gasteiger partial charge < -0.3 is 10.2 Å². The molecule has 19 heavy (non-hydrogen) atoms. The second-order valence-corrected chi connectivity index (χ2v) is 4.91. The molecule has 4 heteroatoms. The molecule has 1 fully saturated rings. The van der Waals surface area contributed by atoms with E-state index in [1.54, 1.807) is 0 Å². The Labute approximate surface area is 109 Å². The minimum absolute atomic E-state index is 0.158. The van der Waals surface area contributed by atoms with E-state index in [1.807, 2.05) is 42.5 Å². The molecular weight excluding hydrogens is 244 g/mol. The molecule has 0 aliphatic heterocycles. The maximum Gasteiger partial charge on any atom is 0.321 e. The van der Waals surface area contributed by atoms with Crippen LogP contribution >= 0.6 is 0 Å². The number of benzene rings is 2. The molecule has 2 aromatic rings. The van der Waals surface area contributed by atoms with Crippen LogP contribution in [-0.2, 0) is 9.59 Å². The van der Waals surface area contributed by atoms with Crippen LogP contribution in [0.4, 0.5) is 0 Å². The highest BCUT2D eigenvalue weighted by atomic mass is 16.4. The van der Waals surface area contributed by atoms with E-state index in [0.29, 0.717) is 0 Å². The van der Waals surface area contributed by atoms with Crippen LogP contribution in [0, 0.1) is 5.41 Å². The molecule has 0 saturated heterocycles. The number of hydrogen-bond acceptors (Lipinski definition) is 2. The highest BCUT2D eigenvalue weighted by Gasteiger charge is 2.67. The van der Waals surface area contributed by atoms with E-state index < -0.39 is 23.3 Å². The van der Waals surface area contributed by atoms with E-state index in [1.165, 1.54) is 0 Å². The van der Waals surface area contributed by atoms with Crippen molar-refractivity contribution in [3.05, 3.63) is 48.0 Å². The molecule has 1 saturated carbocycles. The molecule has 4 nitrogen and oxygen atoms in total. The third kappa shape index (κ3) is 1.53. The summed E-state index contributed by atoms with van der Waals surface area (Å²) < 4.78 is 0. The van der Waals surface area contributed by atoms with Crippen molar-refractivity contribution < 1.29 is 19.8 Å². The van der Waals surface area contributed by atoms with Gasteiger partial charge in [0.1, 0.15) is 0 Å². The SMILES string of the molecule is O=C(O)C1(C(=O)O)C[C@@H]1c1cccc2ccccc12. The third-order valence-electron chi connectivity index (χ3n) is 3.92. The Morgan fingerprint density at radius 2 is 1.63 bits per heavy atom. The summed E-state index contributed by atoms with van der Waals surface area (Å²) in [4.78, 5) is 22.5. The van der Waals surface area contributed by atoms with Gasteiger partial charge in [-0.2, -0.15) is 0 Å². The molecule has 1 atom stereocenters. The molecule has 2 aromatic carbocycles. The summed E-state index contributed by atoms with van der Waals surface area (Å²) in [5, 5.41) is 20.3. The number of rotatable bonds is 3. The zero-order valence-corrected chi connectivity index (χ0v) is 10.0. The summed E-state index contributed by atoms with van der Waals surface area (Å²) in [5.41, 5.74) is -0.840. The standard InChI is InChI=1S/C15H12O4/c16-13(17)15(14(18)19)8-12(15)11-7-3-5-9-4-1-2-6-10(9)11/h1-7,12H,8H2,(H,16,17)(H,18,19)/t12-/m1/s1. The predicted molar refractivity (Wildman–Crippen MR) is 69.0 cm³/mol. The van der Waals surface area contributed by atoms with E-state index in [-0.39, 0.29) is 6.42 Å². The lowest BCUT2D eigenvalue weighted by Crippen LogP contribution is -2.27. The maximum absolute atomic E-state index is 11.3. The van der Waals surface area contributed by atoms with Crippen molar-refractivity contribution in [1.82, 2.24) is 0 Å². The average Bonchev–Trinajstić information content (AvgIpc) is 3.15. The van der Waals surface area contributed by atoms with Gasteiger partial charge in [-0.25, -0.2) is 0 Å². The molecule has 0 heterocycles. The van der Waals surface area contributed by atoms with Crippen molar-refractivity contribution >= 4 is 22.7 Å². The summed E-state index contributed by atoms with van der Waals surface area (Å²) in [6.45, 7) is 0. The Balaban J connectivity index is 2.13. The molecule has 0 bridgehead atoms. The normalized spacial score (nSPS) is 20.1.